The Kier molecular flexibility index (Phi) is 5.67. The number of carbonyl (C=O) groups is 1. The normalized spacial score (nSPS) is 12.5. The number of thiophene rings is 1. The molecule has 0 saturated heterocycles. The van der Waals surface area contributed by atoms with Gasteiger partial charge in [0.25, 0.3) is 5.56 Å². The largest absolute Gasteiger partial charge is 0.480 e. The summed E-state index contributed by atoms with van der Waals surface area (Å²) >= 11 is 1.53. The molecule has 0 fully saturated rings. The van der Waals surface area contributed by atoms with Crippen molar-refractivity contribution in [1.82, 2.24) is 9.55 Å². The first-order chi connectivity index (χ1) is 13.9. The summed E-state index contributed by atoms with van der Waals surface area (Å²) in [6, 6.07) is 8.32. The van der Waals surface area contributed by atoms with Crippen LogP contribution in [0.25, 0.3) is 21.3 Å². The Balaban J connectivity index is 2.38. The lowest BCUT2D eigenvalue weighted by molar-refractivity contribution is -0.146. The van der Waals surface area contributed by atoms with Crippen LogP contribution in [0.2, 0.25) is 0 Å². The average molecular weight is 427 g/mol. The minimum absolute atomic E-state index is 0.0403. The van der Waals surface area contributed by atoms with E-state index in [1.54, 1.807) is 13.8 Å². The number of aromatic nitrogens is 2. The quantitative estimate of drug-likeness (QED) is 0.595. The van der Waals surface area contributed by atoms with E-state index >= 15 is 0 Å². The SMILES string of the molecule is CCc1sc2nc(CC)n(C(C)(C)C(=O)O)c(=O)c2c1-c1ccc(C(C)(C)C)cc1. The number of aliphatic carboxylic acids is 1. The molecule has 160 valence electrons. The standard InChI is InChI=1S/C24H30N2O3S/c1-8-16-18(14-10-12-15(13-11-14)23(3,4)5)19-20(30-16)25-17(9-2)26(21(19)27)24(6,7)22(28)29/h10-13H,8-9H2,1-7H3,(H,28,29). The molecule has 5 nitrogen and oxygen atoms in total. The van der Waals surface area contributed by atoms with E-state index < -0.39 is 11.5 Å². The van der Waals surface area contributed by atoms with E-state index in [2.05, 4.69) is 52.0 Å². The Morgan fingerprint density at radius 1 is 1.07 bits per heavy atom. The van der Waals surface area contributed by atoms with Crippen LogP contribution in [0.4, 0.5) is 0 Å². The highest BCUT2D eigenvalue weighted by Gasteiger charge is 2.34. The van der Waals surface area contributed by atoms with Crippen molar-refractivity contribution in [2.24, 2.45) is 0 Å². The highest BCUT2D eigenvalue weighted by atomic mass is 32.1. The van der Waals surface area contributed by atoms with Crippen molar-refractivity contribution in [2.45, 2.75) is 72.3 Å². The molecule has 30 heavy (non-hydrogen) atoms. The van der Waals surface area contributed by atoms with E-state index in [9.17, 15) is 14.7 Å². The van der Waals surface area contributed by atoms with Crippen LogP contribution in [-0.4, -0.2) is 20.6 Å². The molecule has 0 bridgehead atoms. The molecule has 2 aromatic heterocycles. The summed E-state index contributed by atoms with van der Waals surface area (Å²) in [5, 5.41) is 10.3. The predicted molar refractivity (Wildman–Crippen MR) is 124 cm³/mol. The second kappa shape index (κ2) is 7.65. The second-order valence-corrected chi connectivity index (χ2v) is 10.2. The van der Waals surface area contributed by atoms with Crippen LogP contribution in [0, 0.1) is 0 Å². The third-order valence-electron chi connectivity index (χ3n) is 5.63. The van der Waals surface area contributed by atoms with Gasteiger partial charge in [-0.3, -0.25) is 9.36 Å². The van der Waals surface area contributed by atoms with Crippen LogP contribution in [0.5, 0.6) is 0 Å². The van der Waals surface area contributed by atoms with Crippen LogP contribution >= 0.6 is 11.3 Å². The van der Waals surface area contributed by atoms with E-state index in [-0.39, 0.29) is 11.0 Å². The monoisotopic (exact) mass is 426 g/mol. The zero-order valence-corrected chi connectivity index (χ0v) is 19.6. The van der Waals surface area contributed by atoms with E-state index in [1.807, 2.05) is 6.92 Å². The average Bonchev–Trinajstić information content (AvgIpc) is 3.05. The van der Waals surface area contributed by atoms with Crippen LogP contribution in [0.15, 0.2) is 29.1 Å². The van der Waals surface area contributed by atoms with Gasteiger partial charge >= 0.3 is 5.97 Å². The molecule has 0 unspecified atom stereocenters. The lowest BCUT2D eigenvalue weighted by Crippen LogP contribution is -2.44. The summed E-state index contributed by atoms with van der Waals surface area (Å²) in [5.74, 6) is -0.555. The zero-order valence-electron chi connectivity index (χ0n) is 18.8. The van der Waals surface area contributed by atoms with Gasteiger partial charge in [-0.25, -0.2) is 9.78 Å². The minimum atomic E-state index is -1.38. The highest BCUT2D eigenvalue weighted by Crippen LogP contribution is 2.38. The maximum Gasteiger partial charge on any atom is 0.329 e. The Hall–Kier alpha value is -2.47. The summed E-state index contributed by atoms with van der Waals surface area (Å²) in [6.07, 6.45) is 1.26. The molecule has 0 radical (unpaired) electrons. The first kappa shape index (κ1) is 22.2. The van der Waals surface area contributed by atoms with Gasteiger partial charge in [-0.05, 0) is 36.8 Å². The van der Waals surface area contributed by atoms with Gasteiger partial charge in [-0.2, -0.15) is 0 Å². The summed E-state index contributed by atoms with van der Waals surface area (Å²) in [7, 11) is 0. The van der Waals surface area contributed by atoms with Crippen LogP contribution in [0.3, 0.4) is 0 Å². The lowest BCUT2D eigenvalue weighted by atomic mass is 9.86. The Morgan fingerprint density at radius 3 is 2.13 bits per heavy atom. The summed E-state index contributed by atoms with van der Waals surface area (Å²) in [6.45, 7) is 13.6. The van der Waals surface area contributed by atoms with Gasteiger partial charge in [-0.15, -0.1) is 11.3 Å². The fourth-order valence-corrected chi connectivity index (χ4v) is 4.88. The molecule has 0 saturated carbocycles. The molecular formula is C24H30N2O3S. The van der Waals surface area contributed by atoms with E-state index in [1.165, 1.54) is 21.5 Å². The summed E-state index contributed by atoms with van der Waals surface area (Å²) < 4.78 is 1.36. The number of carboxylic acid groups (broad SMARTS) is 1. The summed E-state index contributed by atoms with van der Waals surface area (Å²) in [4.78, 5) is 32.1. The topological polar surface area (TPSA) is 72.2 Å². The number of hydrogen-bond acceptors (Lipinski definition) is 4. The number of hydrogen-bond donors (Lipinski definition) is 1. The minimum Gasteiger partial charge on any atom is -0.480 e. The lowest BCUT2D eigenvalue weighted by Gasteiger charge is -2.25. The molecule has 0 aliphatic rings. The van der Waals surface area contributed by atoms with Gasteiger partial charge in [0.05, 0.1) is 5.39 Å². The second-order valence-electron chi connectivity index (χ2n) is 9.15. The van der Waals surface area contributed by atoms with Gasteiger partial charge in [0.2, 0.25) is 0 Å². The molecule has 0 spiro atoms. The third kappa shape index (κ3) is 3.58. The van der Waals surface area contributed by atoms with E-state index in [0.29, 0.717) is 22.5 Å². The predicted octanol–water partition coefficient (Wildman–Crippen LogP) is 5.37. The van der Waals surface area contributed by atoms with Crippen molar-refractivity contribution in [1.29, 1.82) is 0 Å². The molecular weight excluding hydrogens is 396 g/mol. The number of fused-ring (bicyclic) bond motifs is 1. The van der Waals surface area contributed by atoms with Gasteiger partial charge in [0.15, 0.2) is 0 Å². The molecule has 1 aromatic carbocycles. The molecule has 3 rings (SSSR count). The molecule has 0 aliphatic heterocycles. The van der Waals surface area contributed by atoms with Crippen LogP contribution in [0.1, 0.15) is 64.7 Å². The van der Waals surface area contributed by atoms with Gasteiger partial charge in [0.1, 0.15) is 16.2 Å². The number of rotatable bonds is 5. The van der Waals surface area contributed by atoms with E-state index in [0.717, 1.165) is 22.4 Å². The van der Waals surface area contributed by atoms with Crippen molar-refractivity contribution in [3.8, 4) is 11.1 Å². The molecule has 0 atom stereocenters. The Morgan fingerprint density at radius 2 is 1.67 bits per heavy atom. The van der Waals surface area contributed by atoms with Crippen molar-refractivity contribution in [3.05, 3.63) is 50.9 Å². The van der Waals surface area contributed by atoms with Gasteiger partial charge in [0, 0.05) is 16.9 Å². The molecule has 0 aliphatic carbocycles. The van der Waals surface area contributed by atoms with Crippen molar-refractivity contribution in [3.63, 3.8) is 0 Å². The number of aryl methyl sites for hydroxylation is 2. The van der Waals surface area contributed by atoms with Crippen LogP contribution in [-0.2, 0) is 28.6 Å². The third-order valence-corrected chi connectivity index (χ3v) is 6.86. The molecule has 6 heteroatoms. The van der Waals surface area contributed by atoms with Crippen molar-refractivity contribution in [2.75, 3.05) is 0 Å². The van der Waals surface area contributed by atoms with Crippen molar-refractivity contribution >= 4 is 27.5 Å². The number of nitrogens with zero attached hydrogens (tertiary/aromatic N) is 2. The zero-order chi connectivity index (χ0) is 22.4. The van der Waals surface area contributed by atoms with Crippen molar-refractivity contribution < 1.29 is 9.90 Å². The molecule has 2 heterocycles. The maximum absolute atomic E-state index is 13.7. The molecule has 0 amide bonds. The van der Waals surface area contributed by atoms with Gasteiger partial charge in [-0.1, -0.05) is 58.9 Å². The Bertz CT molecular complexity index is 1160. The number of benzene rings is 1. The molecule has 1 N–H and O–H groups in total. The highest BCUT2D eigenvalue weighted by molar-refractivity contribution is 7.19. The van der Waals surface area contributed by atoms with Gasteiger partial charge < -0.3 is 5.11 Å². The van der Waals surface area contributed by atoms with Crippen LogP contribution < -0.4 is 5.56 Å². The first-order valence-electron chi connectivity index (χ1n) is 10.4. The summed E-state index contributed by atoms with van der Waals surface area (Å²) in [5.41, 5.74) is 1.45. The molecule has 3 aromatic rings. The number of carboxylic acids is 1. The Labute approximate surface area is 181 Å². The maximum atomic E-state index is 13.7. The van der Waals surface area contributed by atoms with E-state index in [4.69, 9.17) is 4.98 Å². The first-order valence-corrected chi connectivity index (χ1v) is 11.2. The fourth-order valence-electron chi connectivity index (χ4n) is 3.74. The smallest absolute Gasteiger partial charge is 0.329 e. The fraction of sp³-hybridized carbons (Fsp3) is 0.458.